The van der Waals surface area contributed by atoms with Crippen molar-refractivity contribution in [3.05, 3.63) is 48.4 Å². The quantitative estimate of drug-likeness (QED) is 0.609. The van der Waals surface area contributed by atoms with Crippen LogP contribution in [0, 0.1) is 0 Å². The van der Waals surface area contributed by atoms with E-state index in [0.717, 1.165) is 36.0 Å². The topological polar surface area (TPSA) is 74.5 Å². The summed E-state index contributed by atoms with van der Waals surface area (Å²) in [6, 6.07) is 11.6. The number of hydrogen-bond donors (Lipinski definition) is 0. The molecule has 2 aromatic heterocycles. The van der Waals surface area contributed by atoms with E-state index >= 15 is 0 Å². The maximum absolute atomic E-state index is 5.90. The molecule has 1 unspecified atom stereocenters. The summed E-state index contributed by atoms with van der Waals surface area (Å²) in [6.07, 6.45) is 2.69. The summed E-state index contributed by atoms with van der Waals surface area (Å²) >= 11 is 0. The number of pyridine rings is 1. The van der Waals surface area contributed by atoms with Crippen LogP contribution < -0.4 is 14.4 Å². The first-order valence-corrected chi connectivity index (χ1v) is 9.58. The molecule has 29 heavy (non-hydrogen) atoms. The molecule has 8 heteroatoms. The van der Waals surface area contributed by atoms with E-state index < -0.39 is 0 Å². The molecule has 4 rings (SSSR count). The van der Waals surface area contributed by atoms with E-state index in [1.54, 1.807) is 13.3 Å². The number of rotatable bonds is 7. The number of hydrogen-bond acceptors (Lipinski definition) is 7. The largest absolute Gasteiger partial charge is 0.497 e. The van der Waals surface area contributed by atoms with Crippen molar-refractivity contribution in [1.82, 2.24) is 19.7 Å². The first-order chi connectivity index (χ1) is 14.2. The van der Waals surface area contributed by atoms with Gasteiger partial charge in [0, 0.05) is 33.0 Å². The Hall–Kier alpha value is -3.13. The van der Waals surface area contributed by atoms with Crippen LogP contribution in [0.3, 0.4) is 0 Å². The van der Waals surface area contributed by atoms with Gasteiger partial charge in [-0.15, -0.1) is 0 Å². The molecule has 1 fully saturated rings. The van der Waals surface area contributed by atoms with Gasteiger partial charge in [0.05, 0.1) is 25.3 Å². The molecule has 152 valence electrons. The summed E-state index contributed by atoms with van der Waals surface area (Å²) in [5, 5.41) is 4.75. The summed E-state index contributed by atoms with van der Waals surface area (Å²) < 4.78 is 18.7. The fraction of sp³-hybridized carbons (Fsp3) is 0.381. The Labute approximate surface area is 170 Å². The molecule has 0 bridgehead atoms. The minimum atomic E-state index is 0.151. The molecule has 8 nitrogen and oxygen atoms in total. The van der Waals surface area contributed by atoms with Crippen LogP contribution >= 0.6 is 0 Å². The molecular weight excluding hydrogens is 370 g/mol. The lowest BCUT2D eigenvalue weighted by atomic mass is 10.2. The first kappa shape index (κ1) is 19.2. The third-order valence-corrected chi connectivity index (χ3v) is 4.79. The second-order valence-electron chi connectivity index (χ2n) is 7.05. The van der Waals surface area contributed by atoms with E-state index in [2.05, 4.69) is 4.98 Å². The Bertz CT molecular complexity index is 966. The maximum atomic E-state index is 5.90. The van der Waals surface area contributed by atoms with Gasteiger partial charge >= 0.3 is 0 Å². The molecule has 0 radical (unpaired) electrons. The number of nitrogens with zero attached hydrogens (tertiary/aromatic N) is 5. The first-order valence-electron chi connectivity index (χ1n) is 9.58. The SMILES string of the molecule is COc1cccc(OCc2nc(-c3cccnc3N(C)C)n(C3CCOC3)n2)c1. The fourth-order valence-corrected chi connectivity index (χ4v) is 3.35. The minimum Gasteiger partial charge on any atom is -0.497 e. The van der Waals surface area contributed by atoms with Crippen molar-refractivity contribution in [2.24, 2.45) is 0 Å². The van der Waals surface area contributed by atoms with Crippen LogP contribution in [0.1, 0.15) is 18.3 Å². The van der Waals surface area contributed by atoms with Gasteiger partial charge in [0.25, 0.3) is 0 Å². The zero-order chi connectivity index (χ0) is 20.2. The van der Waals surface area contributed by atoms with Gasteiger partial charge in [-0.05, 0) is 30.7 Å². The highest BCUT2D eigenvalue weighted by molar-refractivity contribution is 5.70. The third-order valence-electron chi connectivity index (χ3n) is 4.79. The average molecular weight is 395 g/mol. The smallest absolute Gasteiger partial charge is 0.188 e. The highest BCUT2D eigenvalue weighted by Crippen LogP contribution is 2.31. The zero-order valence-electron chi connectivity index (χ0n) is 16.9. The summed E-state index contributed by atoms with van der Waals surface area (Å²) in [5.41, 5.74) is 0.935. The summed E-state index contributed by atoms with van der Waals surface area (Å²) in [7, 11) is 5.57. The van der Waals surface area contributed by atoms with E-state index in [9.17, 15) is 0 Å². The lowest BCUT2D eigenvalue weighted by Crippen LogP contribution is -2.15. The predicted octanol–water partition coefficient (Wildman–Crippen LogP) is 2.96. The van der Waals surface area contributed by atoms with Gasteiger partial charge in [0.1, 0.15) is 23.9 Å². The summed E-state index contributed by atoms with van der Waals surface area (Å²) in [5.74, 6) is 3.70. The highest BCUT2D eigenvalue weighted by atomic mass is 16.5. The normalized spacial score (nSPS) is 16.0. The van der Waals surface area contributed by atoms with Crippen LogP contribution in [0.25, 0.3) is 11.4 Å². The number of anilines is 1. The molecule has 1 atom stereocenters. The van der Waals surface area contributed by atoms with Crippen LogP contribution in [0.4, 0.5) is 5.82 Å². The van der Waals surface area contributed by atoms with E-state index in [1.165, 1.54) is 0 Å². The summed E-state index contributed by atoms with van der Waals surface area (Å²) in [4.78, 5) is 11.3. The van der Waals surface area contributed by atoms with E-state index in [0.29, 0.717) is 18.2 Å². The lowest BCUT2D eigenvalue weighted by Gasteiger charge is -2.17. The van der Waals surface area contributed by atoms with Gasteiger partial charge in [-0.25, -0.2) is 14.6 Å². The Balaban J connectivity index is 1.65. The van der Waals surface area contributed by atoms with Crippen molar-refractivity contribution in [1.29, 1.82) is 0 Å². The fourth-order valence-electron chi connectivity index (χ4n) is 3.35. The van der Waals surface area contributed by atoms with Gasteiger partial charge in [-0.2, -0.15) is 5.10 Å². The Morgan fingerprint density at radius 2 is 2.07 bits per heavy atom. The maximum Gasteiger partial charge on any atom is 0.188 e. The average Bonchev–Trinajstić information content (AvgIpc) is 3.42. The van der Waals surface area contributed by atoms with Crippen LogP contribution in [0.2, 0.25) is 0 Å². The second-order valence-corrected chi connectivity index (χ2v) is 7.05. The molecule has 3 heterocycles. The van der Waals surface area contributed by atoms with Crippen molar-refractivity contribution in [2.45, 2.75) is 19.1 Å². The number of methoxy groups -OCH3 is 1. The zero-order valence-corrected chi connectivity index (χ0v) is 16.9. The lowest BCUT2D eigenvalue weighted by molar-refractivity contribution is 0.184. The highest BCUT2D eigenvalue weighted by Gasteiger charge is 2.25. The van der Waals surface area contributed by atoms with E-state index in [4.69, 9.17) is 24.3 Å². The molecule has 3 aromatic rings. The third kappa shape index (κ3) is 4.17. The van der Waals surface area contributed by atoms with E-state index in [1.807, 2.05) is 60.1 Å². The van der Waals surface area contributed by atoms with Crippen molar-refractivity contribution in [3.63, 3.8) is 0 Å². The van der Waals surface area contributed by atoms with Crippen molar-refractivity contribution >= 4 is 5.82 Å². The van der Waals surface area contributed by atoms with Crippen molar-refractivity contribution < 1.29 is 14.2 Å². The second kappa shape index (κ2) is 8.48. The molecule has 1 saturated heterocycles. The van der Waals surface area contributed by atoms with Crippen LogP contribution in [0.15, 0.2) is 42.6 Å². The molecule has 0 aliphatic carbocycles. The molecule has 0 saturated carbocycles. The molecular formula is C21H25N5O3. The van der Waals surface area contributed by atoms with Gasteiger partial charge in [0.2, 0.25) is 0 Å². The van der Waals surface area contributed by atoms with Gasteiger partial charge in [-0.3, -0.25) is 0 Å². The molecule has 1 aliphatic heterocycles. The Morgan fingerprint density at radius 3 is 2.83 bits per heavy atom. The van der Waals surface area contributed by atoms with Crippen molar-refractivity contribution in [3.8, 4) is 22.9 Å². The number of aromatic nitrogens is 4. The minimum absolute atomic E-state index is 0.151. The van der Waals surface area contributed by atoms with Crippen LogP contribution in [0.5, 0.6) is 11.5 Å². The Kier molecular flexibility index (Phi) is 5.62. The number of benzene rings is 1. The van der Waals surface area contributed by atoms with Gasteiger partial charge in [0.15, 0.2) is 11.6 Å². The Morgan fingerprint density at radius 1 is 1.21 bits per heavy atom. The van der Waals surface area contributed by atoms with Crippen LogP contribution in [-0.4, -0.2) is 54.2 Å². The molecule has 0 N–H and O–H groups in total. The van der Waals surface area contributed by atoms with Gasteiger partial charge in [-0.1, -0.05) is 6.07 Å². The van der Waals surface area contributed by atoms with Gasteiger partial charge < -0.3 is 19.1 Å². The summed E-state index contributed by atoms with van der Waals surface area (Å²) in [6.45, 7) is 1.62. The monoisotopic (exact) mass is 395 g/mol. The molecule has 1 aromatic carbocycles. The molecule has 1 aliphatic rings. The number of ether oxygens (including phenoxy) is 3. The van der Waals surface area contributed by atoms with Crippen molar-refractivity contribution in [2.75, 3.05) is 39.3 Å². The standard InChI is InChI=1S/C21H25N5O3/c1-25(2)20-18(8-5-10-22-20)21-23-19(24-26(21)15-9-11-28-13-15)14-29-17-7-4-6-16(12-17)27-3/h4-8,10,12,15H,9,11,13-14H2,1-3H3. The molecule has 0 spiro atoms. The van der Waals surface area contributed by atoms with E-state index in [-0.39, 0.29) is 12.6 Å². The van der Waals surface area contributed by atoms with Crippen LogP contribution in [-0.2, 0) is 11.3 Å². The predicted molar refractivity (Wildman–Crippen MR) is 109 cm³/mol. The molecule has 0 amide bonds.